The molecule has 0 unspecified atom stereocenters. The van der Waals surface area contributed by atoms with E-state index in [4.69, 9.17) is 0 Å². The first-order valence-corrected chi connectivity index (χ1v) is 7.06. The van der Waals surface area contributed by atoms with Crippen LogP contribution in [0, 0.1) is 0 Å². The maximum atomic E-state index is 12.3. The fourth-order valence-electron chi connectivity index (χ4n) is 1.72. The van der Waals surface area contributed by atoms with E-state index in [1.807, 2.05) is 29.7 Å². The monoisotopic (exact) mass is 254 g/mol. The second-order valence-corrected chi connectivity index (χ2v) is 5.29. The van der Waals surface area contributed by atoms with E-state index in [1.165, 1.54) is 4.88 Å². The zero-order valence-corrected chi connectivity index (χ0v) is 12.0. The van der Waals surface area contributed by atoms with Crippen molar-refractivity contribution in [2.45, 2.75) is 40.3 Å². The predicted molar refractivity (Wildman–Crippen MR) is 73.3 cm³/mol. The maximum Gasteiger partial charge on any atom is 0.320 e. The Kier molecular flexibility index (Phi) is 5.48. The molecule has 0 fully saturated rings. The first kappa shape index (κ1) is 14.0. The van der Waals surface area contributed by atoms with Crippen LogP contribution in [0.4, 0.5) is 4.79 Å². The van der Waals surface area contributed by atoms with Gasteiger partial charge >= 0.3 is 6.03 Å². The Labute approximate surface area is 108 Å². The summed E-state index contributed by atoms with van der Waals surface area (Å²) in [4.78, 5) is 17.4. The van der Waals surface area contributed by atoms with Crippen LogP contribution in [0.3, 0.4) is 0 Å². The van der Waals surface area contributed by atoms with Gasteiger partial charge in [-0.3, -0.25) is 0 Å². The highest BCUT2D eigenvalue weighted by molar-refractivity contribution is 7.09. The molecule has 0 N–H and O–H groups in total. The molecule has 96 valence electrons. The largest absolute Gasteiger partial charge is 0.325 e. The summed E-state index contributed by atoms with van der Waals surface area (Å²) in [6, 6.07) is 4.47. The number of amides is 2. The van der Waals surface area contributed by atoms with Gasteiger partial charge in [-0.05, 0) is 39.1 Å². The van der Waals surface area contributed by atoms with Gasteiger partial charge in [0.2, 0.25) is 0 Å². The molecule has 4 heteroatoms. The average Bonchev–Trinajstić information content (AvgIpc) is 2.79. The van der Waals surface area contributed by atoms with E-state index in [1.54, 1.807) is 11.3 Å². The highest BCUT2D eigenvalue weighted by Gasteiger charge is 2.21. The highest BCUT2D eigenvalue weighted by atomic mass is 32.1. The van der Waals surface area contributed by atoms with E-state index < -0.39 is 0 Å². The van der Waals surface area contributed by atoms with Crippen LogP contribution in [0.1, 0.15) is 32.6 Å². The predicted octanol–water partition coefficient (Wildman–Crippen LogP) is 3.42. The number of hydrogen-bond acceptors (Lipinski definition) is 2. The molecule has 1 aromatic rings. The summed E-state index contributed by atoms with van der Waals surface area (Å²) in [7, 11) is 0. The van der Waals surface area contributed by atoms with Crippen LogP contribution in [0.15, 0.2) is 17.5 Å². The standard InChI is InChI=1S/C13H22N2OS/c1-5-14(6-2)13(16)15(11(3)4)10-12-8-7-9-17-12/h7-9,11H,5-6,10H2,1-4H3. The molecule has 2 amide bonds. The third-order valence-electron chi connectivity index (χ3n) is 2.81. The third kappa shape index (κ3) is 3.73. The number of nitrogens with zero attached hydrogens (tertiary/aromatic N) is 2. The number of hydrogen-bond donors (Lipinski definition) is 0. The lowest BCUT2D eigenvalue weighted by Crippen LogP contribution is -2.45. The van der Waals surface area contributed by atoms with E-state index in [0.29, 0.717) is 6.54 Å². The van der Waals surface area contributed by atoms with Gasteiger partial charge in [-0.25, -0.2) is 4.79 Å². The fraction of sp³-hybridized carbons (Fsp3) is 0.615. The molecule has 0 atom stereocenters. The quantitative estimate of drug-likeness (QED) is 0.789. The molecule has 3 nitrogen and oxygen atoms in total. The van der Waals surface area contributed by atoms with Crippen molar-refractivity contribution >= 4 is 17.4 Å². The summed E-state index contributed by atoms with van der Waals surface area (Å²) in [6.07, 6.45) is 0. The Morgan fingerprint density at radius 2 is 2.00 bits per heavy atom. The zero-order valence-electron chi connectivity index (χ0n) is 11.1. The summed E-state index contributed by atoms with van der Waals surface area (Å²) >= 11 is 1.70. The van der Waals surface area contributed by atoms with Crippen LogP contribution in [-0.4, -0.2) is 35.0 Å². The number of urea groups is 1. The molecular weight excluding hydrogens is 232 g/mol. The summed E-state index contributed by atoms with van der Waals surface area (Å²) in [6.45, 7) is 10.4. The minimum atomic E-state index is 0.137. The van der Waals surface area contributed by atoms with E-state index in [2.05, 4.69) is 25.3 Å². The van der Waals surface area contributed by atoms with Crippen molar-refractivity contribution in [2.75, 3.05) is 13.1 Å². The molecule has 17 heavy (non-hydrogen) atoms. The second-order valence-electron chi connectivity index (χ2n) is 4.26. The Balaban J connectivity index is 2.75. The Morgan fingerprint density at radius 1 is 1.35 bits per heavy atom. The molecule has 0 aliphatic heterocycles. The van der Waals surface area contributed by atoms with Crippen molar-refractivity contribution in [2.24, 2.45) is 0 Å². The van der Waals surface area contributed by atoms with Gasteiger partial charge in [-0.1, -0.05) is 6.07 Å². The lowest BCUT2D eigenvalue weighted by atomic mass is 10.3. The molecule has 0 radical (unpaired) electrons. The third-order valence-corrected chi connectivity index (χ3v) is 3.67. The van der Waals surface area contributed by atoms with Crippen LogP contribution >= 0.6 is 11.3 Å². The lowest BCUT2D eigenvalue weighted by Gasteiger charge is -2.32. The van der Waals surface area contributed by atoms with Crippen LogP contribution in [0.25, 0.3) is 0 Å². The Bertz CT molecular complexity index is 331. The molecule has 1 aromatic heterocycles. The Morgan fingerprint density at radius 3 is 2.41 bits per heavy atom. The van der Waals surface area contributed by atoms with Gasteiger partial charge in [0.15, 0.2) is 0 Å². The van der Waals surface area contributed by atoms with Crippen molar-refractivity contribution in [3.05, 3.63) is 22.4 Å². The second kappa shape index (κ2) is 6.64. The van der Waals surface area contributed by atoms with Gasteiger partial charge in [0.25, 0.3) is 0 Å². The van der Waals surface area contributed by atoms with Crippen LogP contribution in [0.5, 0.6) is 0 Å². The Hall–Kier alpha value is -1.03. The topological polar surface area (TPSA) is 23.6 Å². The summed E-state index contributed by atoms with van der Waals surface area (Å²) in [5.41, 5.74) is 0. The molecule has 0 spiro atoms. The molecule has 0 bridgehead atoms. The fourth-order valence-corrected chi connectivity index (χ4v) is 2.42. The molecule has 1 rings (SSSR count). The van der Waals surface area contributed by atoms with Crippen molar-refractivity contribution < 1.29 is 4.79 Å². The van der Waals surface area contributed by atoms with Gasteiger partial charge in [-0.2, -0.15) is 0 Å². The van der Waals surface area contributed by atoms with Crippen molar-refractivity contribution in [3.63, 3.8) is 0 Å². The van der Waals surface area contributed by atoms with Crippen molar-refractivity contribution in [1.82, 2.24) is 9.80 Å². The van der Waals surface area contributed by atoms with Crippen molar-refractivity contribution in [1.29, 1.82) is 0 Å². The normalized spacial score (nSPS) is 10.6. The first-order valence-electron chi connectivity index (χ1n) is 6.18. The molecule has 0 aromatic carbocycles. The van der Waals surface area contributed by atoms with Crippen LogP contribution in [-0.2, 0) is 6.54 Å². The molecule has 0 aliphatic rings. The minimum absolute atomic E-state index is 0.137. The van der Waals surface area contributed by atoms with Gasteiger partial charge in [0.05, 0.1) is 6.54 Å². The average molecular weight is 254 g/mol. The van der Waals surface area contributed by atoms with E-state index in [9.17, 15) is 4.79 Å². The molecule has 0 saturated heterocycles. The summed E-state index contributed by atoms with van der Waals surface area (Å²) in [5.74, 6) is 0. The highest BCUT2D eigenvalue weighted by Crippen LogP contribution is 2.15. The molecule has 0 aliphatic carbocycles. The van der Waals surface area contributed by atoms with Crippen LogP contribution in [0.2, 0.25) is 0 Å². The number of rotatable bonds is 5. The molecular formula is C13H22N2OS. The number of carbonyl (C=O) groups is 1. The van der Waals surface area contributed by atoms with Gasteiger partial charge in [0, 0.05) is 24.0 Å². The van der Waals surface area contributed by atoms with Gasteiger partial charge in [0.1, 0.15) is 0 Å². The minimum Gasteiger partial charge on any atom is -0.325 e. The summed E-state index contributed by atoms with van der Waals surface area (Å²) in [5, 5.41) is 2.05. The van der Waals surface area contributed by atoms with Crippen molar-refractivity contribution in [3.8, 4) is 0 Å². The molecule has 0 saturated carbocycles. The van der Waals surface area contributed by atoms with E-state index in [-0.39, 0.29) is 12.1 Å². The zero-order chi connectivity index (χ0) is 12.8. The van der Waals surface area contributed by atoms with E-state index >= 15 is 0 Å². The van der Waals surface area contributed by atoms with Gasteiger partial charge < -0.3 is 9.80 Å². The molecule has 1 heterocycles. The first-order chi connectivity index (χ1) is 8.10. The SMILES string of the molecule is CCN(CC)C(=O)N(Cc1cccs1)C(C)C. The van der Waals surface area contributed by atoms with E-state index in [0.717, 1.165) is 13.1 Å². The lowest BCUT2D eigenvalue weighted by molar-refractivity contribution is 0.141. The van der Waals surface area contributed by atoms with Crippen LogP contribution < -0.4 is 0 Å². The smallest absolute Gasteiger partial charge is 0.320 e. The number of thiophene rings is 1. The maximum absolute atomic E-state index is 12.3. The number of carbonyl (C=O) groups excluding carboxylic acids is 1. The van der Waals surface area contributed by atoms with Gasteiger partial charge in [-0.15, -0.1) is 11.3 Å². The summed E-state index contributed by atoms with van der Waals surface area (Å²) < 4.78 is 0.